The first-order valence-electron chi connectivity index (χ1n) is 9.32. The van der Waals surface area contributed by atoms with Gasteiger partial charge in [-0.2, -0.15) is 0 Å². The second-order valence-corrected chi connectivity index (χ2v) is 6.79. The Morgan fingerprint density at radius 2 is 2.07 bits per heavy atom. The molecule has 152 valence electrons. The minimum absolute atomic E-state index is 0.0484. The molecule has 0 saturated carbocycles. The zero-order valence-corrected chi connectivity index (χ0v) is 15.9. The molecule has 4 heterocycles. The van der Waals surface area contributed by atoms with E-state index in [1.54, 1.807) is 18.2 Å². The van der Waals surface area contributed by atoms with Crippen molar-refractivity contribution in [2.75, 3.05) is 38.2 Å². The molecule has 0 aromatic carbocycles. The smallest absolute Gasteiger partial charge is 0.376 e. The first-order valence-corrected chi connectivity index (χ1v) is 9.32. The van der Waals surface area contributed by atoms with E-state index >= 15 is 0 Å². The molecule has 1 N–H and O–H groups in total. The molecule has 3 aromatic heterocycles. The zero-order chi connectivity index (χ0) is 20.4. The highest BCUT2D eigenvalue weighted by Gasteiger charge is 2.28. The molecule has 4 rings (SSSR count). The van der Waals surface area contributed by atoms with Crippen LogP contribution in [0.1, 0.15) is 17.6 Å². The van der Waals surface area contributed by atoms with Gasteiger partial charge in [0.15, 0.2) is 0 Å². The van der Waals surface area contributed by atoms with Crippen molar-refractivity contribution >= 4 is 17.2 Å². The largest absolute Gasteiger partial charge is 0.465 e. The quantitative estimate of drug-likeness (QED) is 0.494. The summed E-state index contributed by atoms with van der Waals surface area (Å²) in [4.78, 5) is 30.0. The molecular formula is C19H21N5O5. The molecule has 0 amide bonds. The summed E-state index contributed by atoms with van der Waals surface area (Å²) in [6.45, 7) is 4.79. The predicted octanol–water partition coefficient (Wildman–Crippen LogP) is 1.99. The number of fused-ring (bicyclic) bond motifs is 1. The Morgan fingerprint density at radius 1 is 1.28 bits per heavy atom. The van der Waals surface area contributed by atoms with E-state index in [4.69, 9.17) is 9.15 Å². The van der Waals surface area contributed by atoms with Crippen molar-refractivity contribution in [3.63, 3.8) is 0 Å². The Morgan fingerprint density at radius 3 is 2.76 bits per heavy atom. The van der Waals surface area contributed by atoms with E-state index in [9.17, 15) is 14.9 Å². The van der Waals surface area contributed by atoms with Crippen LogP contribution in [0.5, 0.6) is 0 Å². The van der Waals surface area contributed by atoms with Crippen molar-refractivity contribution in [2.24, 2.45) is 0 Å². The zero-order valence-electron chi connectivity index (χ0n) is 15.9. The van der Waals surface area contributed by atoms with Crippen LogP contribution < -0.4 is 10.9 Å². The number of furan rings is 1. The van der Waals surface area contributed by atoms with E-state index < -0.39 is 16.2 Å². The Hall–Kier alpha value is -3.24. The van der Waals surface area contributed by atoms with Crippen LogP contribution in [0.25, 0.3) is 5.65 Å². The molecule has 10 heteroatoms. The van der Waals surface area contributed by atoms with E-state index in [0.29, 0.717) is 38.5 Å². The molecule has 29 heavy (non-hydrogen) atoms. The topological polar surface area (TPSA) is 115 Å². The molecule has 0 radical (unpaired) electrons. The Labute approximate surface area is 165 Å². The molecule has 0 spiro atoms. The lowest BCUT2D eigenvalue weighted by atomic mass is 10.1. The minimum Gasteiger partial charge on any atom is -0.465 e. The number of ether oxygens (including phenoxy) is 1. The third kappa shape index (κ3) is 3.84. The predicted molar refractivity (Wildman–Crippen MR) is 105 cm³/mol. The number of aryl methyl sites for hydroxylation is 1. The summed E-state index contributed by atoms with van der Waals surface area (Å²) in [6.07, 6.45) is 1.46. The number of nitrogens with zero attached hydrogens (tertiary/aromatic N) is 4. The fourth-order valence-electron chi connectivity index (χ4n) is 3.49. The summed E-state index contributed by atoms with van der Waals surface area (Å²) in [5.74, 6) is 1.48. The number of aromatic nitrogens is 2. The number of rotatable bonds is 6. The summed E-state index contributed by atoms with van der Waals surface area (Å²) < 4.78 is 12.4. The van der Waals surface area contributed by atoms with Crippen molar-refractivity contribution in [1.29, 1.82) is 0 Å². The van der Waals surface area contributed by atoms with Gasteiger partial charge in [-0.05, 0) is 31.2 Å². The fraction of sp³-hybridized carbons (Fsp3) is 0.368. The number of hydrogen-bond acceptors (Lipinski definition) is 8. The van der Waals surface area contributed by atoms with E-state index in [1.165, 1.54) is 10.6 Å². The second kappa shape index (κ2) is 8.02. The molecule has 0 bridgehead atoms. The maximum absolute atomic E-state index is 12.6. The summed E-state index contributed by atoms with van der Waals surface area (Å²) in [6, 6.07) is 8.58. The van der Waals surface area contributed by atoms with Crippen molar-refractivity contribution in [3.8, 4) is 0 Å². The maximum Gasteiger partial charge on any atom is 0.376 e. The lowest BCUT2D eigenvalue weighted by Crippen LogP contribution is -2.41. The van der Waals surface area contributed by atoms with Gasteiger partial charge >= 0.3 is 11.2 Å². The number of pyridine rings is 1. The van der Waals surface area contributed by atoms with Crippen molar-refractivity contribution in [1.82, 2.24) is 14.3 Å². The standard InChI is InChI=1S/C19H21N5O5/c1-13-5-6-15(29-13)14(22-8-10-28-11-9-22)12-20-18-17(24(26)27)19(25)23-7-3-2-4-16(23)21-18/h2-7,14,20H,8-12H2,1H3. The Kier molecular flexibility index (Phi) is 5.28. The highest BCUT2D eigenvalue weighted by molar-refractivity contribution is 5.59. The van der Waals surface area contributed by atoms with Crippen LogP contribution in [-0.4, -0.2) is 52.1 Å². The van der Waals surface area contributed by atoms with Gasteiger partial charge in [-0.3, -0.25) is 24.2 Å². The average Bonchev–Trinajstić information content (AvgIpc) is 3.15. The van der Waals surface area contributed by atoms with Crippen LogP contribution in [0.2, 0.25) is 0 Å². The van der Waals surface area contributed by atoms with Gasteiger partial charge in [0.2, 0.25) is 5.82 Å². The minimum atomic E-state index is -0.722. The van der Waals surface area contributed by atoms with Crippen LogP contribution in [-0.2, 0) is 4.74 Å². The normalized spacial score (nSPS) is 16.0. The third-order valence-electron chi connectivity index (χ3n) is 4.93. The molecule has 1 aliphatic heterocycles. The van der Waals surface area contributed by atoms with Gasteiger partial charge in [0, 0.05) is 25.8 Å². The molecule has 10 nitrogen and oxygen atoms in total. The van der Waals surface area contributed by atoms with E-state index in [1.807, 2.05) is 19.1 Å². The van der Waals surface area contributed by atoms with Crippen LogP contribution in [0.3, 0.4) is 0 Å². The van der Waals surface area contributed by atoms with E-state index in [-0.39, 0.29) is 11.9 Å². The van der Waals surface area contributed by atoms with Gasteiger partial charge in [0.25, 0.3) is 0 Å². The lowest BCUT2D eigenvalue weighted by Gasteiger charge is -2.33. The van der Waals surface area contributed by atoms with Crippen LogP contribution in [0, 0.1) is 17.0 Å². The van der Waals surface area contributed by atoms with Crippen molar-refractivity contribution in [3.05, 3.63) is 68.5 Å². The number of nitrogens with one attached hydrogen (secondary N) is 1. The van der Waals surface area contributed by atoms with Crippen molar-refractivity contribution in [2.45, 2.75) is 13.0 Å². The molecule has 1 atom stereocenters. The van der Waals surface area contributed by atoms with E-state index in [0.717, 1.165) is 11.5 Å². The molecule has 1 aliphatic rings. The number of morpholine rings is 1. The summed E-state index contributed by atoms with van der Waals surface area (Å²) in [5, 5.41) is 14.6. The van der Waals surface area contributed by atoms with Gasteiger partial charge in [-0.25, -0.2) is 4.98 Å². The molecular weight excluding hydrogens is 378 g/mol. The van der Waals surface area contributed by atoms with Gasteiger partial charge in [0.1, 0.15) is 17.2 Å². The average molecular weight is 399 g/mol. The second-order valence-electron chi connectivity index (χ2n) is 6.79. The number of hydrogen-bond donors (Lipinski definition) is 1. The lowest BCUT2D eigenvalue weighted by molar-refractivity contribution is -0.385. The summed E-state index contributed by atoms with van der Waals surface area (Å²) >= 11 is 0. The molecule has 3 aromatic rings. The third-order valence-corrected chi connectivity index (χ3v) is 4.93. The highest BCUT2D eigenvalue weighted by Crippen LogP contribution is 2.26. The highest BCUT2D eigenvalue weighted by atomic mass is 16.6. The summed E-state index contributed by atoms with van der Waals surface area (Å²) in [5.41, 5.74) is -0.965. The number of anilines is 1. The Balaban J connectivity index is 1.68. The SMILES string of the molecule is Cc1ccc(C(CNc2nc3ccccn3c(=O)c2[N+](=O)[O-])N2CCOCC2)o1. The monoisotopic (exact) mass is 399 g/mol. The van der Waals surface area contributed by atoms with Crippen LogP contribution in [0.15, 0.2) is 45.7 Å². The fourth-order valence-corrected chi connectivity index (χ4v) is 3.49. The van der Waals surface area contributed by atoms with Gasteiger partial charge in [0.05, 0.1) is 24.2 Å². The first kappa shape index (κ1) is 19.1. The van der Waals surface area contributed by atoms with Crippen LogP contribution >= 0.6 is 0 Å². The van der Waals surface area contributed by atoms with Gasteiger partial charge in [-0.1, -0.05) is 6.07 Å². The summed E-state index contributed by atoms with van der Waals surface area (Å²) in [7, 11) is 0. The van der Waals surface area contributed by atoms with Gasteiger partial charge < -0.3 is 14.5 Å². The Bertz CT molecular complexity index is 1090. The first-order chi connectivity index (χ1) is 14.0. The van der Waals surface area contributed by atoms with E-state index in [2.05, 4.69) is 15.2 Å². The van der Waals surface area contributed by atoms with Gasteiger partial charge in [-0.15, -0.1) is 0 Å². The van der Waals surface area contributed by atoms with Crippen molar-refractivity contribution < 1.29 is 14.1 Å². The molecule has 1 fully saturated rings. The number of nitro groups is 1. The molecule has 1 unspecified atom stereocenters. The van der Waals surface area contributed by atoms with Crippen LogP contribution in [0.4, 0.5) is 11.5 Å². The molecule has 1 saturated heterocycles. The molecule has 0 aliphatic carbocycles. The maximum atomic E-state index is 12.6.